The standard InChI is InChI=1S/C29H26BrF3N6O/c1-19-5-6-21(16-20(19)8-10-26-35-36-27-25(30)4-3-11-39(26)27)28(40)34-23-9-7-22(24(17-23)29(31,32)33)18-38-14-12-37(2)13-15-38/h3-7,9,11,16-17H,12-15,18H2,1-2H3,(H,34,40). The predicted octanol–water partition coefficient (Wildman–Crippen LogP) is 5.22. The number of aryl methyl sites for hydroxylation is 1. The fourth-order valence-electron chi connectivity index (χ4n) is 4.50. The summed E-state index contributed by atoms with van der Waals surface area (Å²) in [6, 6.07) is 12.6. The fraction of sp³-hybridized carbons (Fsp3) is 0.276. The Morgan fingerprint density at radius 1 is 1.05 bits per heavy atom. The fourth-order valence-corrected chi connectivity index (χ4v) is 4.92. The summed E-state index contributed by atoms with van der Waals surface area (Å²) < 4.78 is 44.4. The highest BCUT2D eigenvalue weighted by Gasteiger charge is 2.34. The minimum Gasteiger partial charge on any atom is -0.322 e. The van der Waals surface area contributed by atoms with E-state index in [0.717, 1.165) is 29.2 Å². The molecule has 0 atom stereocenters. The Bertz CT molecular complexity index is 1630. The van der Waals surface area contributed by atoms with Gasteiger partial charge in [0.05, 0.1) is 10.0 Å². The van der Waals surface area contributed by atoms with E-state index in [1.54, 1.807) is 28.8 Å². The molecule has 1 saturated heterocycles. The summed E-state index contributed by atoms with van der Waals surface area (Å²) in [7, 11) is 2.00. The van der Waals surface area contributed by atoms with Crippen molar-refractivity contribution in [3.63, 3.8) is 0 Å². The molecule has 0 unspecified atom stereocenters. The third-order valence-electron chi connectivity index (χ3n) is 6.86. The number of piperazine rings is 1. The first kappa shape index (κ1) is 27.8. The molecule has 1 aliphatic heterocycles. The average Bonchev–Trinajstić information content (AvgIpc) is 3.34. The first-order chi connectivity index (χ1) is 19.1. The maximum absolute atomic E-state index is 14.0. The molecule has 1 aliphatic rings. The van der Waals surface area contributed by atoms with Gasteiger partial charge in [0, 0.05) is 55.7 Å². The molecule has 0 bridgehead atoms. The van der Waals surface area contributed by atoms with Gasteiger partial charge in [-0.2, -0.15) is 13.2 Å². The van der Waals surface area contributed by atoms with Crippen LogP contribution >= 0.6 is 15.9 Å². The van der Waals surface area contributed by atoms with Crippen molar-refractivity contribution in [2.24, 2.45) is 0 Å². The lowest BCUT2D eigenvalue weighted by Gasteiger charge is -2.33. The third kappa shape index (κ3) is 6.20. The smallest absolute Gasteiger partial charge is 0.322 e. The van der Waals surface area contributed by atoms with Crippen LogP contribution in [0.1, 0.15) is 38.4 Å². The number of nitrogens with one attached hydrogen (secondary N) is 1. The van der Waals surface area contributed by atoms with Gasteiger partial charge in [-0.3, -0.25) is 14.1 Å². The number of carbonyl (C=O) groups excluding carboxylic acids is 1. The number of anilines is 1. The zero-order valence-corrected chi connectivity index (χ0v) is 23.5. The highest BCUT2D eigenvalue weighted by Crippen LogP contribution is 2.34. The number of fused-ring (bicyclic) bond motifs is 1. The van der Waals surface area contributed by atoms with E-state index in [1.807, 2.05) is 31.0 Å². The van der Waals surface area contributed by atoms with Gasteiger partial charge in [-0.15, -0.1) is 10.2 Å². The van der Waals surface area contributed by atoms with E-state index >= 15 is 0 Å². The van der Waals surface area contributed by atoms with Crippen molar-refractivity contribution in [2.75, 3.05) is 38.5 Å². The quantitative estimate of drug-likeness (QED) is 0.321. The van der Waals surface area contributed by atoms with Crippen LogP contribution in [0.25, 0.3) is 5.65 Å². The van der Waals surface area contributed by atoms with Crippen molar-refractivity contribution >= 4 is 33.2 Å². The van der Waals surface area contributed by atoms with Gasteiger partial charge in [0.2, 0.25) is 5.82 Å². The van der Waals surface area contributed by atoms with Gasteiger partial charge >= 0.3 is 6.18 Å². The molecule has 206 valence electrons. The van der Waals surface area contributed by atoms with Gasteiger partial charge in [-0.05, 0) is 83.3 Å². The molecular weight excluding hydrogens is 585 g/mol. The number of aromatic nitrogens is 3. The van der Waals surface area contributed by atoms with Crippen molar-refractivity contribution in [2.45, 2.75) is 19.6 Å². The van der Waals surface area contributed by atoms with E-state index in [9.17, 15) is 18.0 Å². The van der Waals surface area contributed by atoms with E-state index in [4.69, 9.17) is 0 Å². The van der Waals surface area contributed by atoms with Crippen molar-refractivity contribution in [1.29, 1.82) is 0 Å². The normalized spacial score (nSPS) is 14.7. The molecule has 5 rings (SSSR count). The van der Waals surface area contributed by atoms with Crippen LogP contribution in [0.4, 0.5) is 18.9 Å². The summed E-state index contributed by atoms with van der Waals surface area (Å²) in [4.78, 5) is 17.2. The molecule has 1 fully saturated rings. The SMILES string of the molecule is Cc1ccc(C(=O)Nc2ccc(CN3CCN(C)CC3)c(C(F)(F)F)c2)cc1C#Cc1nnc2c(Br)cccn12. The molecule has 11 heteroatoms. The van der Waals surface area contributed by atoms with E-state index in [0.29, 0.717) is 30.1 Å². The molecule has 0 radical (unpaired) electrons. The first-order valence-corrected chi connectivity index (χ1v) is 13.4. The average molecular weight is 611 g/mol. The van der Waals surface area contributed by atoms with Crippen LogP contribution < -0.4 is 5.32 Å². The van der Waals surface area contributed by atoms with E-state index < -0.39 is 17.6 Å². The lowest BCUT2D eigenvalue weighted by Crippen LogP contribution is -2.44. The lowest BCUT2D eigenvalue weighted by molar-refractivity contribution is -0.138. The summed E-state index contributed by atoms with van der Waals surface area (Å²) in [6.45, 7) is 5.09. The second-order valence-corrected chi connectivity index (χ2v) is 10.6. The molecule has 2 aromatic heterocycles. The van der Waals surface area contributed by atoms with Crippen molar-refractivity contribution in [1.82, 2.24) is 24.4 Å². The van der Waals surface area contributed by atoms with Crippen LogP contribution in [0.3, 0.4) is 0 Å². The van der Waals surface area contributed by atoms with Crippen LogP contribution in [0.5, 0.6) is 0 Å². The van der Waals surface area contributed by atoms with Crippen LogP contribution in [-0.4, -0.2) is 63.5 Å². The van der Waals surface area contributed by atoms with Crippen LogP contribution in [0.15, 0.2) is 59.2 Å². The highest BCUT2D eigenvalue weighted by atomic mass is 79.9. The second-order valence-electron chi connectivity index (χ2n) is 9.76. The largest absolute Gasteiger partial charge is 0.416 e. The Hall–Kier alpha value is -3.72. The minimum absolute atomic E-state index is 0.0770. The molecular formula is C29H26BrF3N6O. The van der Waals surface area contributed by atoms with E-state index in [2.05, 4.69) is 48.2 Å². The lowest BCUT2D eigenvalue weighted by atomic mass is 10.0. The Kier molecular flexibility index (Phi) is 7.94. The summed E-state index contributed by atoms with van der Waals surface area (Å²) in [5, 5.41) is 10.9. The number of rotatable bonds is 4. The highest BCUT2D eigenvalue weighted by molar-refractivity contribution is 9.10. The van der Waals surface area contributed by atoms with Gasteiger partial charge in [-0.25, -0.2) is 0 Å². The number of nitrogens with zero attached hydrogens (tertiary/aromatic N) is 5. The predicted molar refractivity (Wildman–Crippen MR) is 150 cm³/mol. The summed E-state index contributed by atoms with van der Waals surface area (Å²) in [5.74, 6) is 5.93. The van der Waals surface area contributed by atoms with Crippen LogP contribution in [0.2, 0.25) is 0 Å². The van der Waals surface area contributed by atoms with Crippen LogP contribution in [-0.2, 0) is 12.7 Å². The Morgan fingerprint density at radius 2 is 1.82 bits per heavy atom. The number of pyridine rings is 1. The number of halogens is 4. The topological polar surface area (TPSA) is 65.8 Å². The number of hydrogen-bond acceptors (Lipinski definition) is 5. The molecule has 0 aliphatic carbocycles. The zero-order chi connectivity index (χ0) is 28.4. The molecule has 4 aromatic rings. The van der Waals surface area contributed by atoms with Gasteiger partial charge in [0.15, 0.2) is 5.65 Å². The maximum Gasteiger partial charge on any atom is 0.416 e. The summed E-state index contributed by atoms with van der Waals surface area (Å²) in [6.07, 6.45) is -2.75. The first-order valence-electron chi connectivity index (χ1n) is 12.6. The number of alkyl halides is 3. The van der Waals surface area contributed by atoms with Gasteiger partial charge < -0.3 is 10.2 Å². The maximum atomic E-state index is 14.0. The van der Waals surface area contributed by atoms with Gasteiger partial charge in [0.1, 0.15) is 0 Å². The number of benzene rings is 2. The Balaban J connectivity index is 1.35. The van der Waals surface area contributed by atoms with Crippen molar-refractivity contribution in [3.05, 3.63) is 92.8 Å². The molecule has 0 spiro atoms. The van der Waals surface area contributed by atoms with E-state index in [-0.39, 0.29) is 23.4 Å². The molecule has 3 heterocycles. The monoisotopic (exact) mass is 610 g/mol. The number of amides is 1. The Labute approximate surface area is 238 Å². The van der Waals surface area contributed by atoms with Gasteiger partial charge in [-0.1, -0.05) is 18.1 Å². The van der Waals surface area contributed by atoms with Crippen molar-refractivity contribution in [3.8, 4) is 11.8 Å². The molecule has 1 N–H and O–H groups in total. The summed E-state index contributed by atoms with van der Waals surface area (Å²) >= 11 is 3.43. The molecule has 7 nitrogen and oxygen atoms in total. The minimum atomic E-state index is -4.54. The van der Waals surface area contributed by atoms with E-state index in [1.165, 1.54) is 12.1 Å². The zero-order valence-electron chi connectivity index (χ0n) is 21.9. The van der Waals surface area contributed by atoms with Crippen LogP contribution in [0, 0.1) is 18.8 Å². The Morgan fingerprint density at radius 3 is 2.58 bits per heavy atom. The number of likely N-dealkylation sites (N-methyl/N-ethyl adjacent to an activating group) is 1. The molecule has 0 saturated carbocycles. The number of carbonyl (C=O) groups is 1. The molecule has 1 amide bonds. The third-order valence-corrected chi connectivity index (χ3v) is 7.48. The molecule has 2 aromatic carbocycles. The summed E-state index contributed by atoms with van der Waals surface area (Å²) in [5.41, 5.74) is 1.86. The second kappa shape index (κ2) is 11.4. The number of hydrogen-bond donors (Lipinski definition) is 1. The molecule has 40 heavy (non-hydrogen) atoms. The van der Waals surface area contributed by atoms with Crippen molar-refractivity contribution < 1.29 is 18.0 Å². The van der Waals surface area contributed by atoms with Gasteiger partial charge in [0.25, 0.3) is 5.91 Å².